The van der Waals surface area contributed by atoms with Crippen molar-refractivity contribution < 1.29 is 14.7 Å². The van der Waals surface area contributed by atoms with Gasteiger partial charge in [0.2, 0.25) is 11.7 Å². The van der Waals surface area contributed by atoms with Crippen molar-refractivity contribution >= 4 is 34.1 Å². The number of likely N-dealkylation sites (N-methyl/N-ethyl adjacent to an activating group) is 1. The van der Waals surface area contributed by atoms with Gasteiger partial charge < -0.3 is 15.7 Å². The standard InChI is InChI=1S/C20H18N4O3/c1-21-10-11-22-20(27)24-15-9-5-3-7-13(15)16(19(24)26)17-18(25)12-6-2-4-8-14(12)23-17/h2-9,21,26H,10-11H2,1H3,(H,22,27). The Morgan fingerprint density at radius 3 is 2.63 bits per heavy atom. The minimum Gasteiger partial charge on any atom is -0.494 e. The highest BCUT2D eigenvalue weighted by Gasteiger charge is 2.32. The molecule has 0 atom stereocenters. The van der Waals surface area contributed by atoms with E-state index in [1.54, 1.807) is 55.6 Å². The summed E-state index contributed by atoms with van der Waals surface area (Å²) < 4.78 is 1.18. The van der Waals surface area contributed by atoms with Gasteiger partial charge in [0.25, 0.3) is 0 Å². The van der Waals surface area contributed by atoms with Crippen LogP contribution in [-0.2, 0) is 0 Å². The Morgan fingerprint density at radius 1 is 1.11 bits per heavy atom. The first-order valence-corrected chi connectivity index (χ1v) is 8.61. The van der Waals surface area contributed by atoms with Gasteiger partial charge in [-0.2, -0.15) is 0 Å². The lowest BCUT2D eigenvalue weighted by Crippen LogP contribution is -2.33. The molecule has 0 unspecified atom stereocenters. The van der Waals surface area contributed by atoms with Gasteiger partial charge in [-0.25, -0.2) is 14.4 Å². The molecule has 1 aliphatic heterocycles. The number of para-hydroxylation sites is 2. The lowest BCUT2D eigenvalue weighted by molar-refractivity contribution is 0.107. The number of aromatic hydroxyl groups is 1. The Bertz CT molecular complexity index is 1100. The predicted octanol–water partition coefficient (Wildman–Crippen LogP) is 2.44. The number of hydrogen-bond donors (Lipinski definition) is 3. The zero-order valence-corrected chi connectivity index (χ0v) is 14.7. The SMILES string of the molecule is CNCCNC(=O)n1c(O)c(C2=Nc3ccccc3C2=O)c2ccccc21. The number of fused-ring (bicyclic) bond motifs is 2. The molecule has 2 heterocycles. The highest BCUT2D eigenvalue weighted by Crippen LogP contribution is 2.37. The number of rotatable bonds is 4. The number of carbonyl (C=O) groups is 2. The maximum atomic E-state index is 12.8. The van der Waals surface area contributed by atoms with Crippen molar-refractivity contribution in [2.24, 2.45) is 4.99 Å². The quantitative estimate of drug-likeness (QED) is 0.621. The van der Waals surface area contributed by atoms with E-state index in [1.807, 2.05) is 0 Å². The van der Waals surface area contributed by atoms with E-state index in [2.05, 4.69) is 15.6 Å². The van der Waals surface area contributed by atoms with E-state index in [4.69, 9.17) is 0 Å². The number of aromatic nitrogens is 1. The van der Waals surface area contributed by atoms with Gasteiger partial charge in [-0.05, 0) is 25.2 Å². The molecule has 136 valence electrons. The van der Waals surface area contributed by atoms with Crippen LogP contribution in [0.3, 0.4) is 0 Å². The molecule has 1 aromatic heterocycles. The van der Waals surface area contributed by atoms with Gasteiger partial charge >= 0.3 is 6.03 Å². The number of ketones is 1. The molecule has 3 aromatic rings. The number of nitrogens with one attached hydrogen (secondary N) is 2. The van der Waals surface area contributed by atoms with Crippen LogP contribution in [0.2, 0.25) is 0 Å². The highest BCUT2D eigenvalue weighted by molar-refractivity contribution is 6.56. The number of nitrogens with zero attached hydrogens (tertiary/aromatic N) is 2. The van der Waals surface area contributed by atoms with Crippen LogP contribution in [0.5, 0.6) is 5.88 Å². The fraction of sp³-hybridized carbons (Fsp3) is 0.150. The number of hydrogen-bond acceptors (Lipinski definition) is 5. The maximum Gasteiger partial charge on any atom is 0.328 e. The lowest BCUT2D eigenvalue weighted by Gasteiger charge is -2.08. The zero-order valence-electron chi connectivity index (χ0n) is 14.7. The second kappa shape index (κ2) is 6.69. The molecule has 0 spiro atoms. The van der Waals surface area contributed by atoms with Crippen LogP contribution in [0.15, 0.2) is 53.5 Å². The van der Waals surface area contributed by atoms with E-state index in [0.717, 1.165) is 0 Å². The number of benzene rings is 2. The largest absolute Gasteiger partial charge is 0.494 e. The van der Waals surface area contributed by atoms with Gasteiger partial charge in [0.15, 0.2) is 0 Å². The van der Waals surface area contributed by atoms with Crippen LogP contribution in [0, 0.1) is 0 Å². The summed E-state index contributed by atoms with van der Waals surface area (Å²) in [6.45, 7) is 1.00. The van der Waals surface area contributed by atoms with Crippen LogP contribution in [-0.4, -0.2) is 47.3 Å². The van der Waals surface area contributed by atoms with E-state index in [1.165, 1.54) is 4.57 Å². The number of amides is 1. The molecule has 0 aliphatic carbocycles. The molecule has 0 fully saturated rings. The smallest absolute Gasteiger partial charge is 0.328 e. The van der Waals surface area contributed by atoms with E-state index in [-0.39, 0.29) is 22.9 Å². The van der Waals surface area contributed by atoms with Crippen LogP contribution in [0.4, 0.5) is 10.5 Å². The van der Waals surface area contributed by atoms with E-state index < -0.39 is 6.03 Å². The summed E-state index contributed by atoms with van der Waals surface area (Å²) in [7, 11) is 1.79. The van der Waals surface area contributed by atoms with Crippen molar-refractivity contribution in [2.75, 3.05) is 20.1 Å². The van der Waals surface area contributed by atoms with Gasteiger partial charge in [-0.3, -0.25) is 4.79 Å². The molecule has 27 heavy (non-hydrogen) atoms. The third-order valence-electron chi connectivity index (χ3n) is 4.54. The summed E-state index contributed by atoms with van der Waals surface area (Å²) in [5.41, 5.74) is 1.98. The lowest BCUT2D eigenvalue weighted by atomic mass is 10.0. The van der Waals surface area contributed by atoms with Crippen molar-refractivity contribution in [2.45, 2.75) is 0 Å². The normalized spacial score (nSPS) is 12.9. The van der Waals surface area contributed by atoms with Gasteiger partial charge in [0.1, 0.15) is 5.71 Å². The van der Waals surface area contributed by atoms with Gasteiger partial charge in [-0.15, -0.1) is 0 Å². The van der Waals surface area contributed by atoms with E-state index in [0.29, 0.717) is 35.2 Å². The molecule has 4 rings (SSSR count). The average Bonchev–Trinajstić information content (AvgIpc) is 3.15. The Labute approximate surface area is 155 Å². The molecule has 7 nitrogen and oxygen atoms in total. The molecule has 1 amide bonds. The summed E-state index contributed by atoms with van der Waals surface area (Å²) in [6.07, 6.45) is 0. The second-order valence-electron chi connectivity index (χ2n) is 6.19. The molecule has 0 saturated carbocycles. The maximum absolute atomic E-state index is 12.8. The topological polar surface area (TPSA) is 95.7 Å². The highest BCUT2D eigenvalue weighted by atomic mass is 16.3. The second-order valence-corrected chi connectivity index (χ2v) is 6.19. The summed E-state index contributed by atoms with van der Waals surface area (Å²) in [5, 5.41) is 17.1. The van der Waals surface area contributed by atoms with Crippen molar-refractivity contribution in [3.8, 4) is 5.88 Å². The Balaban J connectivity index is 1.85. The van der Waals surface area contributed by atoms with Crippen LogP contribution in [0.1, 0.15) is 15.9 Å². The molecule has 0 bridgehead atoms. The first-order chi connectivity index (χ1) is 13.1. The van der Waals surface area contributed by atoms with Gasteiger partial charge in [-0.1, -0.05) is 30.3 Å². The fourth-order valence-electron chi connectivity index (χ4n) is 3.27. The predicted molar refractivity (Wildman–Crippen MR) is 103 cm³/mol. The Morgan fingerprint density at radius 2 is 1.85 bits per heavy atom. The molecular weight excluding hydrogens is 344 g/mol. The summed E-state index contributed by atoms with van der Waals surface area (Å²) in [5.74, 6) is -0.558. The fourth-order valence-corrected chi connectivity index (χ4v) is 3.27. The van der Waals surface area contributed by atoms with Gasteiger partial charge in [0, 0.05) is 24.0 Å². The minimum atomic E-state index is -0.464. The number of aliphatic imine (C=N–C) groups is 1. The monoisotopic (exact) mass is 362 g/mol. The van der Waals surface area contributed by atoms with Gasteiger partial charge in [0.05, 0.1) is 16.8 Å². The average molecular weight is 362 g/mol. The molecule has 3 N–H and O–H groups in total. The third kappa shape index (κ3) is 2.69. The molecule has 0 radical (unpaired) electrons. The summed E-state index contributed by atoms with van der Waals surface area (Å²) in [6, 6.07) is 13.6. The minimum absolute atomic E-state index is 0.145. The third-order valence-corrected chi connectivity index (χ3v) is 4.54. The molecule has 7 heteroatoms. The zero-order chi connectivity index (χ0) is 19.0. The Hall–Kier alpha value is -3.45. The van der Waals surface area contributed by atoms with Crippen LogP contribution in [0.25, 0.3) is 10.9 Å². The van der Waals surface area contributed by atoms with Crippen molar-refractivity contribution in [1.82, 2.24) is 15.2 Å². The van der Waals surface area contributed by atoms with Crippen LogP contribution < -0.4 is 10.6 Å². The first-order valence-electron chi connectivity index (χ1n) is 8.61. The molecule has 2 aromatic carbocycles. The van der Waals surface area contributed by atoms with Crippen LogP contribution >= 0.6 is 0 Å². The van der Waals surface area contributed by atoms with Crippen molar-refractivity contribution in [3.63, 3.8) is 0 Å². The number of carbonyl (C=O) groups excluding carboxylic acids is 2. The molecule has 1 aliphatic rings. The molecule has 0 saturated heterocycles. The first kappa shape index (κ1) is 17.0. The molecular formula is C20H18N4O3. The van der Waals surface area contributed by atoms with E-state index in [9.17, 15) is 14.7 Å². The summed E-state index contributed by atoms with van der Waals surface area (Å²) >= 11 is 0. The van der Waals surface area contributed by atoms with Crippen molar-refractivity contribution in [3.05, 3.63) is 59.7 Å². The number of Topliss-reactive ketones (excluding diaryl/α,β-unsaturated/α-hetero) is 1. The summed E-state index contributed by atoms with van der Waals surface area (Å²) in [4.78, 5) is 29.9. The van der Waals surface area contributed by atoms with Crippen molar-refractivity contribution in [1.29, 1.82) is 0 Å². The Kier molecular flexibility index (Phi) is 4.21. The van der Waals surface area contributed by atoms with E-state index >= 15 is 0 Å².